The molecular formula is C14H21Cl2N3. The van der Waals surface area contributed by atoms with Gasteiger partial charge in [-0.15, -0.1) is 0 Å². The van der Waals surface area contributed by atoms with Crippen LogP contribution in [0, 0.1) is 6.92 Å². The van der Waals surface area contributed by atoms with E-state index in [2.05, 4.69) is 16.9 Å². The molecule has 1 saturated carbocycles. The summed E-state index contributed by atoms with van der Waals surface area (Å²) in [6.07, 6.45) is 4.49. The zero-order valence-corrected chi connectivity index (χ0v) is 13.0. The van der Waals surface area contributed by atoms with Crippen molar-refractivity contribution in [3.05, 3.63) is 27.5 Å². The fraction of sp³-hybridized carbons (Fsp3) is 0.643. The summed E-state index contributed by atoms with van der Waals surface area (Å²) in [5.74, 6) is 0. The van der Waals surface area contributed by atoms with Crippen LogP contribution in [0.4, 0.5) is 0 Å². The molecular weight excluding hydrogens is 281 g/mol. The molecule has 0 aromatic carbocycles. The Labute approximate surface area is 125 Å². The number of hydrogen-bond donors (Lipinski definition) is 1. The minimum absolute atomic E-state index is 0.373. The van der Waals surface area contributed by atoms with Gasteiger partial charge in [0.2, 0.25) is 0 Å². The third-order valence-electron chi connectivity index (χ3n) is 3.92. The van der Waals surface area contributed by atoms with Crippen LogP contribution in [0.25, 0.3) is 0 Å². The Morgan fingerprint density at radius 1 is 1.32 bits per heavy atom. The Kier molecular flexibility index (Phi) is 5.07. The summed E-state index contributed by atoms with van der Waals surface area (Å²) in [5.41, 5.74) is 7.72. The number of halogens is 2. The number of aromatic nitrogens is 1. The van der Waals surface area contributed by atoms with Gasteiger partial charge < -0.3 is 5.73 Å². The van der Waals surface area contributed by atoms with Gasteiger partial charge in [-0.1, -0.05) is 23.2 Å². The van der Waals surface area contributed by atoms with Crippen molar-refractivity contribution in [1.82, 2.24) is 9.88 Å². The minimum Gasteiger partial charge on any atom is -0.328 e. The first-order valence-electron chi connectivity index (χ1n) is 6.74. The fourth-order valence-electron chi connectivity index (χ4n) is 2.69. The summed E-state index contributed by atoms with van der Waals surface area (Å²) in [5, 5.41) is 1.22. The average molecular weight is 302 g/mol. The number of aryl methyl sites for hydroxylation is 1. The van der Waals surface area contributed by atoms with Crippen molar-refractivity contribution in [2.45, 2.75) is 51.2 Å². The van der Waals surface area contributed by atoms with E-state index in [-0.39, 0.29) is 0 Å². The molecule has 19 heavy (non-hydrogen) atoms. The van der Waals surface area contributed by atoms with E-state index in [1.165, 1.54) is 0 Å². The van der Waals surface area contributed by atoms with Crippen molar-refractivity contribution in [2.75, 3.05) is 7.05 Å². The maximum absolute atomic E-state index is 6.27. The molecule has 3 nitrogen and oxygen atoms in total. The molecule has 5 heteroatoms. The molecule has 0 aliphatic heterocycles. The van der Waals surface area contributed by atoms with Crippen LogP contribution in [-0.4, -0.2) is 29.0 Å². The van der Waals surface area contributed by atoms with E-state index in [0.29, 0.717) is 22.3 Å². The van der Waals surface area contributed by atoms with Gasteiger partial charge in [0.25, 0.3) is 0 Å². The van der Waals surface area contributed by atoms with E-state index in [9.17, 15) is 0 Å². The first-order valence-corrected chi connectivity index (χ1v) is 7.50. The maximum atomic E-state index is 6.27. The van der Waals surface area contributed by atoms with Crippen LogP contribution in [0.1, 0.15) is 36.9 Å². The summed E-state index contributed by atoms with van der Waals surface area (Å²) >= 11 is 12.5. The van der Waals surface area contributed by atoms with Crippen molar-refractivity contribution in [2.24, 2.45) is 5.73 Å². The van der Waals surface area contributed by atoms with E-state index in [1.807, 2.05) is 13.0 Å². The normalized spacial score (nSPS) is 23.9. The molecule has 106 valence electrons. The number of rotatable bonds is 3. The quantitative estimate of drug-likeness (QED) is 0.870. The lowest BCUT2D eigenvalue weighted by molar-refractivity contribution is 0.176. The van der Waals surface area contributed by atoms with Gasteiger partial charge in [0, 0.05) is 34.9 Å². The highest BCUT2D eigenvalue weighted by Gasteiger charge is 2.23. The van der Waals surface area contributed by atoms with Crippen molar-refractivity contribution in [3.8, 4) is 0 Å². The fourth-order valence-corrected chi connectivity index (χ4v) is 3.34. The Balaban J connectivity index is 2.04. The molecule has 0 bridgehead atoms. The summed E-state index contributed by atoms with van der Waals surface area (Å²) in [6.45, 7) is 2.64. The molecule has 0 spiro atoms. The van der Waals surface area contributed by atoms with Crippen LogP contribution >= 0.6 is 23.2 Å². The van der Waals surface area contributed by atoms with Gasteiger partial charge in [-0.25, -0.2) is 4.98 Å². The van der Waals surface area contributed by atoms with Gasteiger partial charge in [0.15, 0.2) is 0 Å². The van der Waals surface area contributed by atoms with E-state index >= 15 is 0 Å². The molecule has 1 heterocycles. The van der Waals surface area contributed by atoms with Gasteiger partial charge in [-0.2, -0.15) is 0 Å². The van der Waals surface area contributed by atoms with E-state index in [1.54, 1.807) is 0 Å². The smallest absolute Gasteiger partial charge is 0.135 e. The standard InChI is InChI=1S/C14H21Cl2N3/c1-9-7-13(15)12(14(16)18-9)8-19(2)11-5-3-10(17)4-6-11/h7,10-11H,3-6,8,17H2,1-2H3. The Hall–Kier alpha value is -0.350. The third kappa shape index (κ3) is 3.82. The van der Waals surface area contributed by atoms with Crippen LogP contribution in [-0.2, 0) is 6.54 Å². The van der Waals surface area contributed by atoms with Gasteiger partial charge in [0.05, 0.1) is 0 Å². The van der Waals surface area contributed by atoms with Crippen LogP contribution in [0.2, 0.25) is 10.2 Å². The SMILES string of the molecule is Cc1cc(Cl)c(CN(C)C2CCC(N)CC2)c(Cl)n1. The first-order chi connectivity index (χ1) is 8.97. The molecule has 0 amide bonds. The number of nitrogens with zero attached hydrogens (tertiary/aromatic N) is 2. The molecule has 1 aliphatic rings. The summed E-state index contributed by atoms with van der Waals surface area (Å²) in [7, 11) is 2.12. The Bertz CT molecular complexity index is 419. The predicted octanol–water partition coefficient (Wildman–Crippen LogP) is 3.40. The Morgan fingerprint density at radius 3 is 2.53 bits per heavy atom. The lowest BCUT2D eigenvalue weighted by Crippen LogP contribution is -2.38. The van der Waals surface area contributed by atoms with Crippen molar-refractivity contribution >= 4 is 23.2 Å². The summed E-state index contributed by atoms with van der Waals surface area (Å²) in [6, 6.07) is 2.80. The largest absolute Gasteiger partial charge is 0.328 e. The zero-order valence-electron chi connectivity index (χ0n) is 11.5. The zero-order chi connectivity index (χ0) is 14.0. The molecule has 1 aromatic rings. The first kappa shape index (κ1) is 15.0. The molecule has 1 aromatic heterocycles. The van der Waals surface area contributed by atoms with Crippen molar-refractivity contribution in [1.29, 1.82) is 0 Å². The molecule has 2 rings (SSSR count). The highest BCUT2D eigenvalue weighted by Crippen LogP contribution is 2.28. The van der Waals surface area contributed by atoms with Crippen molar-refractivity contribution in [3.63, 3.8) is 0 Å². The monoisotopic (exact) mass is 301 g/mol. The van der Waals surface area contributed by atoms with Crippen LogP contribution in [0.5, 0.6) is 0 Å². The van der Waals surface area contributed by atoms with E-state index in [4.69, 9.17) is 28.9 Å². The van der Waals surface area contributed by atoms with Gasteiger partial charge in [0.1, 0.15) is 5.15 Å². The van der Waals surface area contributed by atoms with Crippen molar-refractivity contribution < 1.29 is 0 Å². The molecule has 0 atom stereocenters. The second-order valence-corrected chi connectivity index (χ2v) is 6.26. The summed E-state index contributed by atoms with van der Waals surface area (Å²) in [4.78, 5) is 6.59. The molecule has 2 N–H and O–H groups in total. The molecule has 1 fully saturated rings. The highest BCUT2D eigenvalue weighted by atomic mass is 35.5. The van der Waals surface area contributed by atoms with Crippen LogP contribution in [0.15, 0.2) is 6.07 Å². The molecule has 0 radical (unpaired) electrons. The average Bonchev–Trinajstić information content (AvgIpc) is 2.34. The summed E-state index contributed by atoms with van der Waals surface area (Å²) < 4.78 is 0. The molecule has 1 aliphatic carbocycles. The second kappa shape index (κ2) is 6.40. The Morgan fingerprint density at radius 2 is 1.95 bits per heavy atom. The lowest BCUT2D eigenvalue weighted by atomic mass is 9.91. The van der Waals surface area contributed by atoms with Crippen LogP contribution in [0.3, 0.4) is 0 Å². The predicted molar refractivity (Wildman–Crippen MR) is 80.7 cm³/mol. The molecule has 0 unspecified atom stereocenters. The second-order valence-electron chi connectivity index (χ2n) is 5.50. The number of hydrogen-bond acceptors (Lipinski definition) is 3. The van der Waals surface area contributed by atoms with Crippen LogP contribution < -0.4 is 5.73 Å². The minimum atomic E-state index is 0.373. The van der Waals surface area contributed by atoms with Gasteiger partial charge in [-0.05, 0) is 45.7 Å². The topological polar surface area (TPSA) is 42.1 Å². The van der Waals surface area contributed by atoms with E-state index in [0.717, 1.165) is 43.5 Å². The molecule has 0 saturated heterocycles. The van der Waals surface area contributed by atoms with Gasteiger partial charge in [-0.3, -0.25) is 4.90 Å². The van der Waals surface area contributed by atoms with E-state index < -0.39 is 0 Å². The third-order valence-corrected chi connectivity index (χ3v) is 4.57. The van der Waals surface area contributed by atoms with Gasteiger partial charge >= 0.3 is 0 Å². The highest BCUT2D eigenvalue weighted by molar-refractivity contribution is 6.35. The number of nitrogens with two attached hydrogens (primary N) is 1. The lowest BCUT2D eigenvalue weighted by Gasteiger charge is -2.33. The maximum Gasteiger partial charge on any atom is 0.135 e. The number of pyridine rings is 1.